The average Bonchev–Trinajstić information content (AvgIpc) is 3.30. The van der Waals surface area contributed by atoms with Crippen molar-refractivity contribution >= 4 is 11.9 Å². The van der Waals surface area contributed by atoms with Crippen LogP contribution in [-0.2, 0) is 0 Å². The van der Waals surface area contributed by atoms with Crippen LogP contribution in [0.1, 0.15) is 18.2 Å². The van der Waals surface area contributed by atoms with E-state index in [4.69, 9.17) is 0 Å². The van der Waals surface area contributed by atoms with Crippen molar-refractivity contribution in [3.63, 3.8) is 0 Å². The molecule has 1 aromatic heterocycles. The van der Waals surface area contributed by atoms with Gasteiger partial charge in [-0.05, 0) is 30.3 Å². The van der Waals surface area contributed by atoms with Crippen LogP contribution < -0.4 is 19.9 Å². The Bertz CT molecular complexity index is 1230. The Labute approximate surface area is 167 Å². The van der Waals surface area contributed by atoms with E-state index in [9.17, 15) is 18.0 Å². The molecule has 3 aromatic rings. The molecule has 1 unspecified atom stereocenters. The summed E-state index contributed by atoms with van der Waals surface area (Å²) in [6, 6.07) is 10.8. The minimum Gasteiger partial charge on any atom is -0.395 e. The van der Waals surface area contributed by atoms with Gasteiger partial charge in [0.25, 0.3) is 0 Å². The summed E-state index contributed by atoms with van der Waals surface area (Å²) < 4.78 is 50.4. The van der Waals surface area contributed by atoms with Crippen LogP contribution in [0.2, 0.25) is 0 Å². The Morgan fingerprint density at radius 2 is 1.87 bits per heavy atom. The van der Waals surface area contributed by atoms with Gasteiger partial charge in [0.1, 0.15) is 17.6 Å². The molecule has 7 nitrogen and oxygen atoms in total. The first-order chi connectivity index (χ1) is 14.4. The predicted molar refractivity (Wildman–Crippen MR) is 101 cm³/mol. The van der Waals surface area contributed by atoms with Crippen molar-refractivity contribution in [1.29, 1.82) is 0 Å². The number of anilines is 1. The lowest BCUT2D eigenvalue weighted by atomic mass is 10.1. The van der Waals surface area contributed by atoms with Crippen LogP contribution in [0.25, 0.3) is 5.69 Å². The third-order valence-corrected chi connectivity index (χ3v) is 4.70. The zero-order valence-corrected chi connectivity index (χ0v) is 15.2. The number of nitrogens with zero attached hydrogens (tertiary/aromatic N) is 4. The van der Waals surface area contributed by atoms with Crippen LogP contribution >= 0.6 is 0 Å². The smallest absolute Gasteiger partial charge is 0.395 e. The lowest BCUT2D eigenvalue weighted by Gasteiger charge is -2.23. The molecule has 1 atom stereocenters. The molecule has 0 bridgehead atoms. The molecule has 0 saturated carbocycles. The van der Waals surface area contributed by atoms with Crippen LogP contribution in [-0.4, -0.2) is 22.3 Å². The number of benzene rings is 2. The Balaban J connectivity index is 1.51. The summed E-state index contributed by atoms with van der Waals surface area (Å²) in [5.74, 6) is -0.652. The fourth-order valence-corrected chi connectivity index (χ4v) is 3.39. The number of alkyl halides is 2. The van der Waals surface area contributed by atoms with E-state index >= 15 is 0 Å². The molecule has 3 heterocycles. The maximum Gasteiger partial charge on any atom is 0.586 e. The van der Waals surface area contributed by atoms with Gasteiger partial charge >= 0.3 is 6.29 Å². The fourth-order valence-electron chi connectivity index (χ4n) is 3.39. The van der Waals surface area contributed by atoms with Crippen molar-refractivity contribution in [2.24, 2.45) is 5.10 Å². The molecule has 5 rings (SSSR count). The third kappa shape index (κ3) is 3.15. The van der Waals surface area contributed by atoms with E-state index in [0.717, 1.165) is 0 Å². The van der Waals surface area contributed by atoms with Crippen molar-refractivity contribution in [3.05, 3.63) is 76.5 Å². The number of ether oxygens (including phenoxy) is 2. The van der Waals surface area contributed by atoms with E-state index in [1.54, 1.807) is 18.3 Å². The number of hydrogen-bond donors (Lipinski definition) is 0. The van der Waals surface area contributed by atoms with Crippen LogP contribution in [0.15, 0.2) is 64.6 Å². The molecule has 10 heteroatoms. The highest BCUT2D eigenvalue weighted by Gasteiger charge is 2.43. The summed E-state index contributed by atoms with van der Waals surface area (Å²) >= 11 is 0. The topological polar surface area (TPSA) is 69.0 Å². The van der Waals surface area contributed by atoms with Gasteiger partial charge in [-0.3, -0.25) is 9.80 Å². The van der Waals surface area contributed by atoms with E-state index in [2.05, 4.69) is 19.7 Å². The van der Waals surface area contributed by atoms with Crippen molar-refractivity contribution in [3.8, 4) is 17.2 Å². The van der Waals surface area contributed by atoms with E-state index in [1.807, 2.05) is 0 Å². The molecule has 0 N–H and O–H groups in total. The molecule has 30 heavy (non-hydrogen) atoms. The quantitative estimate of drug-likeness (QED) is 0.655. The second-order valence-corrected chi connectivity index (χ2v) is 6.68. The number of halogens is 3. The second kappa shape index (κ2) is 6.61. The van der Waals surface area contributed by atoms with Gasteiger partial charge in [-0.1, -0.05) is 6.07 Å². The molecule has 0 saturated heterocycles. The van der Waals surface area contributed by atoms with Gasteiger partial charge in [0.2, 0.25) is 5.43 Å². The minimum absolute atomic E-state index is 0.0912. The largest absolute Gasteiger partial charge is 0.586 e. The number of aromatic nitrogens is 2. The molecule has 0 fully saturated rings. The maximum absolute atomic E-state index is 13.6. The first kappa shape index (κ1) is 18.2. The van der Waals surface area contributed by atoms with E-state index in [1.165, 1.54) is 52.3 Å². The molecule has 2 aliphatic heterocycles. The lowest BCUT2D eigenvalue weighted by molar-refractivity contribution is -0.286. The van der Waals surface area contributed by atoms with Crippen LogP contribution in [0.5, 0.6) is 11.5 Å². The van der Waals surface area contributed by atoms with Gasteiger partial charge in [-0.2, -0.15) is 10.2 Å². The second-order valence-electron chi connectivity index (χ2n) is 6.68. The molecule has 0 aliphatic carbocycles. The van der Waals surface area contributed by atoms with Gasteiger partial charge in [0.15, 0.2) is 11.5 Å². The summed E-state index contributed by atoms with van der Waals surface area (Å²) in [4.78, 5) is 12.5. The van der Waals surface area contributed by atoms with Gasteiger partial charge in [-0.15, -0.1) is 8.78 Å². The van der Waals surface area contributed by atoms with Crippen LogP contribution in [0.3, 0.4) is 0 Å². The summed E-state index contributed by atoms with van der Waals surface area (Å²) in [5, 5.41) is 10.2. The van der Waals surface area contributed by atoms with Crippen molar-refractivity contribution < 1.29 is 22.6 Å². The molecule has 2 aliphatic rings. The number of rotatable bonds is 3. The summed E-state index contributed by atoms with van der Waals surface area (Å²) in [6.07, 6.45) is -0.285. The Kier molecular flexibility index (Phi) is 4.02. The fraction of sp³-hybridized carbons (Fsp3) is 0.150. The highest BCUT2D eigenvalue weighted by molar-refractivity contribution is 5.67. The Morgan fingerprint density at radius 1 is 1.03 bits per heavy atom. The first-order valence-corrected chi connectivity index (χ1v) is 8.97. The van der Waals surface area contributed by atoms with Crippen molar-refractivity contribution in [2.75, 3.05) is 5.01 Å². The standard InChI is InChI=1S/C20H13F3N4O3/c21-12-2-1-3-14(10-12)27-15(6-8-24-27)19-16(28)7-9-26(25-19)13-4-5-17-18(11-13)30-20(22,23)29-17/h1-5,7-11,15H,6H2. The molecule has 0 spiro atoms. The van der Waals surface area contributed by atoms with Gasteiger partial charge in [0.05, 0.1) is 11.4 Å². The van der Waals surface area contributed by atoms with Gasteiger partial charge in [-0.25, -0.2) is 9.07 Å². The molecular formula is C20H13F3N4O3. The third-order valence-electron chi connectivity index (χ3n) is 4.70. The number of hydrogen-bond acceptors (Lipinski definition) is 6. The first-order valence-electron chi connectivity index (χ1n) is 8.97. The predicted octanol–water partition coefficient (Wildman–Crippen LogP) is 3.63. The van der Waals surface area contributed by atoms with E-state index in [-0.39, 0.29) is 22.6 Å². The summed E-state index contributed by atoms with van der Waals surface area (Å²) in [7, 11) is 0. The Morgan fingerprint density at radius 3 is 2.70 bits per heavy atom. The van der Waals surface area contributed by atoms with Gasteiger partial charge < -0.3 is 9.47 Å². The highest BCUT2D eigenvalue weighted by atomic mass is 19.3. The zero-order valence-electron chi connectivity index (χ0n) is 15.2. The molecule has 0 amide bonds. The molecule has 0 radical (unpaired) electrons. The van der Waals surface area contributed by atoms with E-state index < -0.39 is 18.2 Å². The highest BCUT2D eigenvalue weighted by Crippen LogP contribution is 2.41. The molecule has 2 aromatic carbocycles. The van der Waals surface area contributed by atoms with E-state index in [0.29, 0.717) is 17.8 Å². The van der Waals surface area contributed by atoms with Crippen molar-refractivity contribution in [1.82, 2.24) is 9.78 Å². The van der Waals surface area contributed by atoms with Crippen LogP contribution in [0, 0.1) is 5.82 Å². The summed E-state index contributed by atoms with van der Waals surface area (Å²) in [6.45, 7) is 0. The number of hydrazone groups is 1. The normalized spacial score (nSPS) is 18.8. The van der Waals surface area contributed by atoms with Gasteiger partial charge in [0, 0.05) is 31.0 Å². The average molecular weight is 414 g/mol. The summed E-state index contributed by atoms with van der Waals surface area (Å²) in [5.41, 5.74) is 0.737. The van der Waals surface area contributed by atoms with Crippen LogP contribution in [0.4, 0.5) is 18.9 Å². The molecule has 152 valence electrons. The SMILES string of the molecule is O=c1ccn(-c2ccc3c(c2)OC(F)(F)O3)nc1C1CC=NN1c1cccc(F)c1. The Hall–Kier alpha value is -3.82. The minimum atomic E-state index is -3.73. The zero-order chi connectivity index (χ0) is 20.9. The molecular weight excluding hydrogens is 401 g/mol. The lowest BCUT2D eigenvalue weighted by Crippen LogP contribution is -2.27. The monoisotopic (exact) mass is 414 g/mol. The van der Waals surface area contributed by atoms with Crippen molar-refractivity contribution in [2.45, 2.75) is 18.8 Å². The maximum atomic E-state index is 13.6. The number of fused-ring (bicyclic) bond motifs is 1.